The van der Waals surface area contributed by atoms with Crippen molar-refractivity contribution < 1.29 is 13.2 Å². The van der Waals surface area contributed by atoms with Crippen LogP contribution >= 0.6 is 0 Å². The summed E-state index contributed by atoms with van der Waals surface area (Å²) in [6, 6.07) is 12.9. The molecule has 146 valence electrons. The molecular weight excluding hydrogens is 374 g/mol. The van der Waals surface area contributed by atoms with Gasteiger partial charge in [0, 0.05) is 31.4 Å². The highest BCUT2D eigenvalue weighted by Gasteiger charge is 2.14. The van der Waals surface area contributed by atoms with E-state index in [1.54, 1.807) is 18.3 Å². The van der Waals surface area contributed by atoms with Gasteiger partial charge in [0.1, 0.15) is 0 Å². The number of aromatic nitrogens is 2. The first-order chi connectivity index (χ1) is 13.5. The van der Waals surface area contributed by atoms with Crippen molar-refractivity contribution in [3.05, 3.63) is 48.7 Å². The second-order valence-corrected chi connectivity index (χ2v) is 9.24. The molecule has 2 heterocycles. The lowest BCUT2D eigenvalue weighted by atomic mass is 10.00. The summed E-state index contributed by atoms with van der Waals surface area (Å²) in [5.74, 6) is 0.615. The van der Waals surface area contributed by atoms with Gasteiger partial charge in [0.15, 0.2) is 9.84 Å². The number of sulfone groups is 1. The van der Waals surface area contributed by atoms with Crippen LogP contribution in [-0.2, 0) is 14.6 Å². The second-order valence-electron chi connectivity index (χ2n) is 7.22. The number of nitrogens with zero attached hydrogens (tertiary/aromatic N) is 2. The molecule has 28 heavy (non-hydrogen) atoms. The molecule has 7 heteroatoms. The molecule has 1 saturated heterocycles. The van der Waals surface area contributed by atoms with Crippen LogP contribution in [-0.4, -0.2) is 44.6 Å². The number of benzene rings is 2. The molecule has 0 aliphatic carbocycles. The summed E-state index contributed by atoms with van der Waals surface area (Å²) >= 11 is 0. The van der Waals surface area contributed by atoms with Crippen LogP contribution in [0.3, 0.4) is 0 Å². The van der Waals surface area contributed by atoms with Crippen molar-refractivity contribution in [3.63, 3.8) is 0 Å². The molecule has 0 saturated carbocycles. The van der Waals surface area contributed by atoms with E-state index in [4.69, 9.17) is 4.74 Å². The lowest BCUT2D eigenvalue weighted by Crippen LogP contribution is -2.22. The molecule has 0 unspecified atom stereocenters. The maximum Gasteiger partial charge on any atom is 0.175 e. The van der Waals surface area contributed by atoms with Crippen molar-refractivity contribution in [2.45, 2.75) is 17.7 Å². The lowest BCUT2D eigenvalue weighted by Gasteiger charge is -2.22. The Bertz CT molecular complexity index is 1080. The van der Waals surface area contributed by atoms with Crippen LogP contribution in [0, 0.1) is 5.92 Å². The predicted octanol–water partition coefficient (Wildman–Crippen LogP) is 3.54. The van der Waals surface area contributed by atoms with Crippen LogP contribution < -0.4 is 5.32 Å². The summed E-state index contributed by atoms with van der Waals surface area (Å²) in [6.45, 7) is 2.57. The molecule has 0 spiro atoms. The van der Waals surface area contributed by atoms with E-state index in [-0.39, 0.29) is 0 Å². The van der Waals surface area contributed by atoms with Gasteiger partial charge < -0.3 is 10.1 Å². The first-order valence-corrected chi connectivity index (χ1v) is 11.3. The normalized spacial score (nSPS) is 15.6. The number of fused-ring (bicyclic) bond motifs is 1. The van der Waals surface area contributed by atoms with E-state index in [0.29, 0.717) is 10.8 Å². The fourth-order valence-electron chi connectivity index (χ4n) is 3.48. The van der Waals surface area contributed by atoms with E-state index >= 15 is 0 Å². The fraction of sp³-hybridized carbons (Fsp3) is 0.333. The third kappa shape index (κ3) is 4.15. The minimum Gasteiger partial charge on any atom is -0.383 e. The highest BCUT2D eigenvalue weighted by Crippen LogP contribution is 2.28. The highest BCUT2D eigenvalue weighted by molar-refractivity contribution is 7.90. The molecule has 1 aliphatic heterocycles. The molecule has 0 atom stereocenters. The van der Waals surface area contributed by atoms with Crippen LogP contribution in [0.25, 0.3) is 22.0 Å². The Balaban J connectivity index is 1.57. The summed E-state index contributed by atoms with van der Waals surface area (Å²) in [5, 5.41) is 13.0. The first-order valence-electron chi connectivity index (χ1n) is 9.38. The molecule has 0 bridgehead atoms. The van der Waals surface area contributed by atoms with Gasteiger partial charge >= 0.3 is 0 Å². The molecule has 3 aromatic rings. The maximum absolute atomic E-state index is 11.6. The zero-order valence-electron chi connectivity index (χ0n) is 15.8. The van der Waals surface area contributed by atoms with E-state index in [1.165, 1.54) is 6.26 Å². The lowest BCUT2D eigenvalue weighted by molar-refractivity contribution is 0.0699. The van der Waals surface area contributed by atoms with Crippen LogP contribution in [0.2, 0.25) is 0 Å². The van der Waals surface area contributed by atoms with Crippen molar-refractivity contribution >= 4 is 26.4 Å². The molecule has 0 radical (unpaired) electrons. The summed E-state index contributed by atoms with van der Waals surface area (Å²) in [7, 11) is -3.20. The summed E-state index contributed by atoms with van der Waals surface area (Å²) in [6.07, 6.45) is 5.14. The fourth-order valence-corrected chi connectivity index (χ4v) is 4.11. The van der Waals surface area contributed by atoms with Crippen LogP contribution in [0.1, 0.15) is 12.8 Å². The molecule has 2 aromatic carbocycles. The zero-order chi connectivity index (χ0) is 19.6. The van der Waals surface area contributed by atoms with Gasteiger partial charge in [-0.05, 0) is 54.2 Å². The van der Waals surface area contributed by atoms with Gasteiger partial charge in [-0.15, -0.1) is 0 Å². The van der Waals surface area contributed by atoms with E-state index in [0.717, 1.165) is 60.3 Å². The second kappa shape index (κ2) is 7.85. The van der Waals surface area contributed by atoms with Crippen LogP contribution in [0.4, 0.5) is 5.69 Å². The summed E-state index contributed by atoms with van der Waals surface area (Å²) in [5.41, 5.74) is 3.71. The van der Waals surface area contributed by atoms with Gasteiger partial charge in [0.05, 0.1) is 22.3 Å². The highest BCUT2D eigenvalue weighted by atomic mass is 32.2. The largest absolute Gasteiger partial charge is 0.383 e. The zero-order valence-corrected chi connectivity index (χ0v) is 16.6. The smallest absolute Gasteiger partial charge is 0.175 e. The molecule has 1 aliphatic rings. The molecule has 1 fully saturated rings. The minimum atomic E-state index is -3.20. The Labute approximate surface area is 164 Å². The summed E-state index contributed by atoms with van der Waals surface area (Å²) < 4.78 is 28.7. The number of hydrogen-bond donors (Lipinski definition) is 1. The third-order valence-electron chi connectivity index (χ3n) is 5.18. The SMILES string of the molecule is CS(=O)(=O)c1ccc(-c2ccc3c(NCC4CCOCC4)cnnc3c2)cc1. The van der Waals surface area contributed by atoms with Gasteiger partial charge in [0.2, 0.25) is 0 Å². The average molecular weight is 398 g/mol. The first kappa shape index (κ1) is 18.8. The molecule has 6 nitrogen and oxygen atoms in total. The Hall–Kier alpha value is -2.51. The van der Waals surface area contributed by atoms with E-state index in [1.807, 2.05) is 30.3 Å². The topological polar surface area (TPSA) is 81.2 Å². The molecule has 1 N–H and O–H groups in total. The van der Waals surface area contributed by atoms with Gasteiger partial charge in [-0.3, -0.25) is 0 Å². The number of nitrogens with one attached hydrogen (secondary N) is 1. The van der Waals surface area contributed by atoms with Crippen molar-refractivity contribution in [1.29, 1.82) is 0 Å². The average Bonchev–Trinajstić information content (AvgIpc) is 2.72. The van der Waals surface area contributed by atoms with Gasteiger partial charge in [-0.2, -0.15) is 10.2 Å². The quantitative estimate of drug-likeness (QED) is 0.709. The number of ether oxygens (including phenoxy) is 1. The maximum atomic E-state index is 11.6. The molecule has 0 amide bonds. The van der Waals surface area contributed by atoms with Gasteiger partial charge in [-0.25, -0.2) is 8.42 Å². The van der Waals surface area contributed by atoms with Crippen molar-refractivity contribution in [2.75, 3.05) is 31.3 Å². The Morgan fingerprint density at radius 2 is 1.79 bits per heavy atom. The van der Waals surface area contributed by atoms with Crippen LogP contribution in [0.5, 0.6) is 0 Å². The van der Waals surface area contributed by atoms with Crippen molar-refractivity contribution in [2.24, 2.45) is 5.92 Å². The number of anilines is 1. The predicted molar refractivity (Wildman–Crippen MR) is 110 cm³/mol. The minimum absolute atomic E-state index is 0.316. The van der Waals surface area contributed by atoms with E-state index in [2.05, 4.69) is 15.5 Å². The van der Waals surface area contributed by atoms with E-state index < -0.39 is 9.84 Å². The Morgan fingerprint density at radius 3 is 2.50 bits per heavy atom. The number of hydrogen-bond acceptors (Lipinski definition) is 6. The van der Waals surface area contributed by atoms with Gasteiger partial charge in [-0.1, -0.05) is 18.2 Å². The van der Waals surface area contributed by atoms with Gasteiger partial charge in [0.25, 0.3) is 0 Å². The van der Waals surface area contributed by atoms with Crippen molar-refractivity contribution in [3.8, 4) is 11.1 Å². The summed E-state index contributed by atoms with van der Waals surface area (Å²) in [4.78, 5) is 0.316. The Kier molecular flexibility index (Phi) is 5.28. The van der Waals surface area contributed by atoms with Crippen LogP contribution in [0.15, 0.2) is 53.6 Å². The molecular formula is C21H23N3O3S. The standard InChI is InChI=1S/C21H23N3O3S/c1-28(25,26)18-5-2-16(3-6-18)17-4-7-19-20(12-17)24-23-14-21(19)22-13-15-8-10-27-11-9-15/h2-7,12,14-15H,8-11,13H2,1H3,(H,22,24). The molecule has 4 rings (SSSR count). The number of rotatable bonds is 5. The van der Waals surface area contributed by atoms with E-state index in [9.17, 15) is 8.42 Å². The third-order valence-corrected chi connectivity index (χ3v) is 6.31. The monoisotopic (exact) mass is 397 g/mol. The Morgan fingerprint density at radius 1 is 1.07 bits per heavy atom. The molecule has 1 aromatic heterocycles. The van der Waals surface area contributed by atoms with Crippen molar-refractivity contribution in [1.82, 2.24) is 10.2 Å².